The first-order valence-corrected chi connectivity index (χ1v) is 3.88. The molecule has 3 nitrogen and oxygen atoms in total. The second-order valence-electron chi connectivity index (χ2n) is 3.26. The molecule has 0 spiro atoms. The average Bonchev–Trinajstić information content (AvgIpc) is 1.83. The van der Waals surface area contributed by atoms with Crippen molar-refractivity contribution < 1.29 is 9.84 Å². The first kappa shape index (κ1) is 8.68. The van der Waals surface area contributed by atoms with Gasteiger partial charge in [0.15, 0.2) is 0 Å². The van der Waals surface area contributed by atoms with Gasteiger partial charge in [-0.3, -0.25) is 4.99 Å². The van der Waals surface area contributed by atoms with Gasteiger partial charge in [-0.1, -0.05) is 0 Å². The maximum Gasteiger partial charge on any atom is 0.202 e. The third-order valence-electron chi connectivity index (χ3n) is 2.16. The Balaban J connectivity index is 2.86. The van der Waals surface area contributed by atoms with Gasteiger partial charge in [-0.05, 0) is 27.7 Å². The van der Waals surface area contributed by atoms with E-state index in [0.717, 1.165) is 0 Å². The fourth-order valence-corrected chi connectivity index (χ4v) is 1.08. The Morgan fingerprint density at radius 1 is 1.55 bits per heavy atom. The van der Waals surface area contributed by atoms with E-state index in [1.54, 1.807) is 13.8 Å². The van der Waals surface area contributed by atoms with Crippen molar-refractivity contribution in [2.24, 2.45) is 4.99 Å². The van der Waals surface area contributed by atoms with Crippen LogP contribution >= 0.6 is 0 Å². The van der Waals surface area contributed by atoms with E-state index in [-0.39, 0.29) is 12.1 Å². The van der Waals surface area contributed by atoms with Gasteiger partial charge >= 0.3 is 0 Å². The van der Waals surface area contributed by atoms with Gasteiger partial charge < -0.3 is 9.84 Å². The van der Waals surface area contributed by atoms with Gasteiger partial charge in [-0.2, -0.15) is 0 Å². The van der Waals surface area contributed by atoms with Gasteiger partial charge in [0.1, 0.15) is 0 Å². The van der Waals surface area contributed by atoms with Gasteiger partial charge in [0.2, 0.25) is 5.79 Å². The molecule has 0 aliphatic carbocycles. The van der Waals surface area contributed by atoms with Crippen LogP contribution in [0, 0.1) is 0 Å². The van der Waals surface area contributed by atoms with E-state index in [1.165, 1.54) is 0 Å². The standard InChI is InChI=1S/C8H15NO2/c1-5-6(2)11-8(4,10)7(3)9-5/h5-6,10H,1-4H3/t5-,6-,8?/m1/s1. The van der Waals surface area contributed by atoms with E-state index < -0.39 is 5.79 Å². The highest BCUT2D eigenvalue weighted by molar-refractivity contribution is 5.89. The number of rotatable bonds is 0. The largest absolute Gasteiger partial charge is 0.361 e. The van der Waals surface area contributed by atoms with Crippen LogP contribution in [0.15, 0.2) is 4.99 Å². The number of hydrogen-bond acceptors (Lipinski definition) is 3. The summed E-state index contributed by atoms with van der Waals surface area (Å²) in [6.07, 6.45) is -0.00583. The topological polar surface area (TPSA) is 41.8 Å². The molecule has 0 bridgehead atoms. The maximum atomic E-state index is 9.58. The Labute approximate surface area is 67.1 Å². The minimum atomic E-state index is -1.16. The first-order valence-electron chi connectivity index (χ1n) is 3.88. The summed E-state index contributed by atoms with van der Waals surface area (Å²) in [6.45, 7) is 7.29. The van der Waals surface area contributed by atoms with Crippen molar-refractivity contribution >= 4 is 5.71 Å². The highest BCUT2D eigenvalue weighted by Crippen LogP contribution is 2.21. The summed E-state index contributed by atoms with van der Waals surface area (Å²) >= 11 is 0. The summed E-state index contributed by atoms with van der Waals surface area (Å²) in [7, 11) is 0. The summed E-state index contributed by atoms with van der Waals surface area (Å²) in [4.78, 5) is 4.26. The van der Waals surface area contributed by atoms with Gasteiger partial charge in [0, 0.05) is 0 Å². The van der Waals surface area contributed by atoms with Crippen molar-refractivity contribution in [1.29, 1.82) is 0 Å². The van der Waals surface area contributed by atoms with E-state index in [2.05, 4.69) is 4.99 Å². The highest BCUT2D eigenvalue weighted by atomic mass is 16.6. The lowest BCUT2D eigenvalue weighted by Gasteiger charge is -2.34. The Hall–Kier alpha value is -0.410. The molecule has 1 N–H and O–H groups in total. The van der Waals surface area contributed by atoms with Crippen molar-refractivity contribution in [3.63, 3.8) is 0 Å². The summed E-state index contributed by atoms with van der Waals surface area (Å²) in [5.41, 5.74) is 0.656. The van der Waals surface area contributed by atoms with Crippen LogP contribution in [0.5, 0.6) is 0 Å². The monoisotopic (exact) mass is 157 g/mol. The summed E-state index contributed by atoms with van der Waals surface area (Å²) < 4.78 is 5.32. The molecule has 64 valence electrons. The maximum absolute atomic E-state index is 9.58. The molecule has 0 saturated heterocycles. The zero-order valence-corrected chi connectivity index (χ0v) is 7.46. The second kappa shape index (κ2) is 2.57. The third-order valence-corrected chi connectivity index (χ3v) is 2.16. The van der Waals surface area contributed by atoms with Gasteiger partial charge in [-0.15, -0.1) is 0 Å². The molecule has 1 aliphatic rings. The zero-order chi connectivity index (χ0) is 8.65. The molecule has 11 heavy (non-hydrogen) atoms. The fraction of sp³-hybridized carbons (Fsp3) is 0.875. The van der Waals surface area contributed by atoms with Crippen molar-refractivity contribution in [2.45, 2.75) is 45.6 Å². The predicted molar refractivity (Wildman–Crippen MR) is 43.7 cm³/mol. The fourth-order valence-electron chi connectivity index (χ4n) is 1.08. The molecule has 3 heteroatoms. The Kier molecular flexibility index (Phi) is 2.03. The lowest BCUT2D eigenvalue weighted by molar-refractivity contribution is -0.176. The van der Waals surface area contributed by atoms with E-state index in [0.29, 0.717) is 5.71 Å². The molecule has 0 aromatic heterocycles. The van der Waals surface area contributed by atoms with Crippen molar-refractivity contribution in [3.8, 4) is 0 Å². The van der Waals surface area contributed by atoms with Gasteiger partial charge in [0.25, 0.3) is 0 Å². The minimum absolute atomic E-state index is 0.00583. The van der Waals surface area contributed by atoms with Gasteiger partial charge in [0.05, 0.1) is 17.9 Å². The molecule has 1 aliphatic heterocycles. The number of ether oxygens (including phenoxy) is 1. The molecule has 3 atom stereocenters. The molecule has 0 fully saturated rings. The van der Waals surface area contributed by atoms with Crippen molar-refractivity contribution in [3.05, 3.63) is 0 Å². The molecule has 0 saturated carbocycles. The molecular formula is C8H15NO2. The van der Waals surface area contributed by atoms with Crippen LogP contribution in [0.1, 0.15) is 27.7 Å². The van der Waals surface area contributed by atoms with Crippen LogP contribution in [-0.4, -0.2) is 28.8 Å². The van der Waals surface area contributed by atoms with E-state index >= 15 is 0 Å². The molecule has 1 unspecified atom stereocenters. The lowest BCUT2D eigenvalue weighted by Crippen LogP contribution is -2.46. The smallest absolute Gasteiger partial charge is 0.202 e. The molecular weight excluding hydrogens is 142 g/mol. The highest BCUT2D eigenvalue weighted by Gasteiger charge is 2.34. The lowest BCUT2D eigenvalue weighted by atomic mass is 10.1. The quantitative estimate of drug-likeness (QED) is 0.569. The van der Waals surface area contributed by atoms with Crippen LogP contribution < -0.4 is 0 Å². The SMILES string of the molecule is CC1=N[C@H](C)[C@@H](C)OC1(C)O. The van der Waals surface area contributed by atoms with Crippen LogP contribution in [0.25, 0.3) is 0 Å². The van der Waals surface area contributed by atoms with Crippen LogP contribution in [0.4, 0.5) is 0 Å². The van der Waals surface area contributed by atoms with E-state index in [4.69, 9.17) is 4.74 Å². The number of aliphatic imine (C=N–C) groups is 1. The van der Waals surface area contributed by atoms with Gasteiger partial charge in [-0.25, -0.2) is 0 Å². The molecule has 0 radical (unpaired) electrons. The number of nitrogens with zero attached hydrogens (tertiary/aromatic N) is 1. The molecule has 0 amide bonds. The Morgan fingerprint density at radius 3 is 2.55 bits per heavy atom. The predicted octanol–water partition coefficient (Wildman–Crippen LogP) is 0.963. The number of hydrogen-bond donors (Lipinski definition) is 1. The minimum Gasteiger partial charge on any atom is -0.361 e. The Morgan fingerprint density at radius 2 is 2.09 bits per heavy atom. The first-order chi connectivity index (χ1) is 4.93. The van der Waals surface area contributed by atoms with Crippen LogP contribution in [0.3, 0.4) is 0 Å². The van der Waals surface area contributed by atoms with Crippen molar-refractivity contribution in [1.82, 2.24) is 0 Å². The second-order valence-corrected chi connectivity index (χ2v) is 3.26. The molecule has 0 aromatic carbocycles. The van der Waals surface area contributed by atoms with E-state index in [1.807, 2.05) is 13.8 Å². The zero-order valence-electron chi connectivity index (χ0n) is 7.46. The summed E-state index contributed by atoms with van der Waals surface area (Å²) in [5.74, 6) is -1.16. The normalized spacial score (nSPS) is 45.4. The number of aliphatic hydroxyl groups is 1. The summed E-state index contributed by atoms with van der Waals surface area (Å²) in [5, 5.41) is 9.58. The summed E-state index contributed by atoms with van der Waals surface area (Å²) in [6, 6.07) is 0.148. The van der Waals surface area contributed by atoms with Crippen molar-refractivity contribution in [2.75, 3.05) is 0 Å². The van der Waals surface area contributed by atoms with Crippen LogP contribution in [0.2, 0.25) is 0 Å². The molecule has 1 rings (SSSR count). The molecule has 1 heterocycles. The van der Waals surface area contributed by atoms with E-state index in [9.17, 15) is 5.11 Å². The van der Waals surface area contributed by atoms with Crippen LogP contribution in [-0.2, 0) is 4.74 Å². The Bertz CT molecular complexity index is 187. The average molecular weight is 157 g/mol. The molecule has 0 aromatic rings. The third kappa shape index (κ3) is 1.60.